The van der Waals surface area contributed by atoms with Gasteiger partial charge < -0.3 is 14.4 Å². The van der Waals surface area contributed by atoms with Crippen LogP contribution in [0.3, 0.4) is 0 Å². The van der Waals surface area contributed by atoms with Gasteiger partial charge in [-0.1, -0.05) is 66.2 Å². The summed E-state index contributed by atoms with van der Waals surface area (Å²) in [5, 5.41) is 0. The molecular weight excluding hydrogens is 598 g/mol. The smallest absolute Gasteiger partial charge is 0.262 e. The third-order valence-electron chi connectivity index (χ3n) is 7.92. The van der Waals surface area contributed by atoms with Gasteiger partial charge in [0.15, 0.2) is 0 Å². The number of sulfonamides is 1. The molecule has 0 saturated heterocycles. The fourth-order valence-electron chi connectivity index (χ4n) is 5.72. The molecule has 1 N–H and O–H groups in total. The largest absolute Gasteiger partial charge is 0.496 e. The Kier molecular flexibility index (Phi) is 8.68. The number of methoxy groups -OCH3 is 1. The number of rotatable bonds is 10. The standard InChI is InChI=1S/C37H35N3O5S/c1-4-45-30-20-18-29(19-21-30)40-36(32-12-8-9-13-35(32)44-3)39(25-27-10-6-5-7-11-27)34-23-22-31(24-33(34)37(40)41)46(42,43)38-28-16-14-26(2)15-17-28/h5-24,36,38H,4,25H2,1-3H3/t36-/m0/s1. The average molecular weight is 634 g/mol. The van der Waals surface area contributed by atoms with E-state index in [2.05, 4.69) is 9.62 Å². The molecule has 1 aliphatic rings. The lowest BCUT2D eigenvalue weighted by Crippen LogP contribution is -2.49. The van der Waals surface area contributed by atoms with Gasteiger partial charge in [0, 0.05) is 23.5 Å². The van der Waals surface area contributed by atoms with Gasteiger partial charge >= 0.3 is 0 Å². The van der Waals surface area contributed by atoms with Gasteiger partial charge in [0.1, 0.15) is 17.7 Å². The zero-order valence-electron chi connectivity index (χ0n) is 25.9. The van der Waals surface area contributed by atoms with Gasteiger partial charge in [-0.15, -0.1) is 0 Å². The van der Waals surface area contributed by atoms with Crippen LogP contribution in [0.2, 0.25) is 0 Å². The number of anilines is 3. The van der Waals surface area contributed by atoms with E-state index in [-0.39, 0.29) is 16.4 Å². The molecule has 0 fully saturated rings. The predicted molar refractivity (Wildman–Crippen MR) is 181 cm³/mol. The SMILES string of the molecule is CCOc1ccc(N2C(=O)c3cc(S(=O)(=O)Nc4ccc(C)cc4)ccc3N(Cc3ccccc3)[C@@H]2c2ccccc2OC)cc1. The first-order valence-electron chi connectivity index (χ1n) is 15.0. The lowest BCUT2D eigenvalue weighted by atomic mass is 9.98. The van der Waals surface area contributed by atoms with Crippen LogP contribution in [0.4, 0.5) is 17.1 Å². The highest BCUT2D eigenvalue weighted by atomic mass is 32.2. The van der Waals surface area contributed by atoms with E-state index in [1.54, 1.807) is 36.3 Å². The molecule has 0 aromatic heterocycles. The summed E-state index contributed by atoms with van der Waals surface area (Å²) in [6.45, 7) is 4.80. The number of benzene rings is 5. The first kappa shape index (κ1) is 30.7. The predicted octanol–water partition coefficient (Wildman–Crippen LogP) is 7.57. The topological polar surface area (TPSA) is 88.2 Å². The molecule has 8 nitrogen and oxygen atoms in total. The number of para-hydroxylation sites is 1. The Morgan fingerprint density at radius 3 is 2.22 bits per heavy atom. The summed E-state index contributed by atoms with van der Waals surface area (Å²) in [4.78, 5) is 18.5. The van der Waals surface area contributed by atoms with Crippen LogP contribution in [0.15, 0.2) is 126 Å². The van der Waals surface area contributed by atoms with Gasteiger partial charge in [-0.05, 0) is 80.1 Å². The number of aryl methyl sites for hydroxylation is 1. The van der Waals surface area contributed by atoms with Crippen LogP contribution < -0.4 is 24.0 Å². The van der Waals surface area contributed by atoms with Crippen LogP contribution in [-0.4, -0.2) is 28.0 Å². The summed E-state index contributed by atoms with van der Waals surface area (Å²) in [7, 11) is -2.40. The van der Waals surface area contributed by atoms with Gasteiger partial charge in [-0.2, -0.15) is 0 Å². The van der Waals surface area contributed by atoms with E-state index in [1.807, 2.05) is 105 Å². The van der Waals surface area contributed by atoms with Gasteiger partial charge in [0.2, 0.25) is 0 Å². The Hall–Kier alpha value is -5.28. The van der Waals surface area contributed by atoms with Gasteiger partial charge in [-0.3, -0.25) is 14.4 Å². The van der Waals surface area contributed by atoms with Crippen molar-refractivity contribution < 1.29 is 22.7 Å². The normalized spacial score (nSPS) is 14.5. The third kappa shape index (κ3) is 6.14. The summed E-state index contributed by atoms with van der Waals surface area (Å²) in [6.07, 6.45) is -0.623. The molecule has 0 aliphatic carbocycles. The van der Waals surface area contributed by atoms with E-state index in [4.69, 9.17) is 9.47 Å². The fraction of sp³-hybridized carbons (Fsp3) is 0.162. The van der Waals surface area contributed by atoms with Crippen molar-refractivity contribution in [2.24, 2.45) is 0 Å². The molecule has 1 aliphatic heterocycles. The average Bonchev–Trinajstić information content (AvgIpc) is 3.07. The highest BCUT2D eigenvalue weighted by Gasteiger charge is 2.41. The minimum atomic E-state index is -4.01. The van der Waals surface area contributed by atoms with E-state index >= 15 is 0 Å². The minimum Gasteiger partial charge on any atom is -0.496 e. The summed E-state index contributed by atoms with van der Waals surface area (Å²) in [6, 6.07) is 36.8. The molecular formula is C37H35N3O5S. The molecule has 0 bridgehead atoms. The van der Waals surface area contributed by atoms with Crippen LogP contribution in [0.1, 0.15) is 40.1 Å². The Morgan fingerprint density at radius 1 is 0.826 bits per heavy atom. The number of amides is 1. The molecule has 0 unspecified atom stereocenters. The van der Waals surface area contributed by atoms with E-state index in [0.29, 0.717) is 41.7 Å². The maximum Gasteiger partial charge on any atom is 0.262 e. The highest BCUT2D eigenvalue weighted by Crippen LogP contribution is 2.45. The number of ether oxygens (including phenoxy) is 2. The van der Waals surface area contributed by atoms with Crippen molar-refractivity contribution >= 4 is 33.0 Å². The second-order valence-corrected chi connectivity index (χ2v) is 12.7. The second kappa shape index (κ2) is 13.0. The maximum absolute atomic E-state index is 14.7. The summed E-state index contributed by atoms with van der Waals surface area (Å²) < 4.78 is 41.3. The minimum absolute atomic E-state index is 0.0118. The Balaban J connectivity index is 1.53. The number of nitrogens with one attached hydrogen (secondary N) is 1. The lowest BCUT2D eigenvalue weighted by Gasteiger charge is -2.46. The molecule has 5 aromatic carbocycles. The Bertz CT molecular complexity index is 1950. The molecule has 0 saturated carbocycles. The van der Waals surface area contributed by atoms with Crippen molar-refractivity contribution in [1.82, 2.24) is 0 Å². The Morgan fingerprint density at radius 2 is 1.52 bits per heavy atom. The first-order valence-corrected chi connectivity index (χ1v) is 16.5. The number of fused-ring (bicyclic) bond motifs is 1. The van der Waals surface area contributed by atoms with Crippen molar-refractivity contribution in [1.29, 1.82) is 0 Å². The molecule has 1 heterocycles. The number of hydrogen-bond donors (Lipinski definition) is 1. The molecule has 5 aromatic rings. The number of carbonyl (C=O) groups excluding carboxylic acids is 1. The van der Waals surface area contributed by atoms with E-state index in [0.717, 1.165) is 16.7 Å². The quantitative estimate of drug-likeness (QED) is 0.171. The monoisotopic (exact) mass is 633 g/mol. The van der Waals surface area contributed by atoms with Crippen LogP contribution in [0.5, 0.6) is 11.5 Å². The molecule has 46 heavy (non-hydrogen) atoms. The first-order chi connectivity index (χ1) is 22.3. The van der Waals surface area contributed by atoms with Crippen LogP contribution in [0.25, 0.3) is 0 Å². The molecule has 1 atom stereocenters. The molecule has 0 radical (unpaired) electrons. The van der Waals surface area contributed by atoms with Gasteiger partial charge in [0.25, 0.3) is 15.9 Å². The van der Waals surface area contributed by atoms with Crippen molar-refractivity contribution in [2.75, 3.05) is 28.2 Å². The zero-order chi connectivity index (χ0) is 32.3. The Labute approximate surface area is 269 Å². The van der Waals surface area contributed by atoms with Crippen molar-refractivity contribution in [2.45, 2.75) is 31.5 Å². The molecule has 9 heteroatoms. The molecule has 234 valence electrons. The van der Waals surface area contributed by atoms with E-state index in [1.165, 1.54) is 6.07 Å². The molecule has 6 rings (SSSR count). The summed E-state index contributed by atoms with van der Waals surface area (Å²) in [5.74, 6) is 0.965. The number of hydrogen-bond acceptors (Lipinski definition) is 6. The lowest BCUT2D eigenvalue weighted by molar-refractivity contribution is 0.0967. The van der Waals surface area contributed by atoms with Gasteiger partial charge in [-0.25, -0.2) is 8.42 Å². The van der Waals surface area contributed by atoms with Crippen LogP contribution in [-0.2, 0) is 16.6 Å². The van der Waals surface area contributed by atoms with E-state index < -0.39 is 16.2 Å². The number of nitrogens with zero attached hydrogens (tertiary/aromatic N) is 2. The highest BCUT2D eigenvalue weighted by molar-refractivity contribution is 7.92. The summed E-state index contributed by atoms with van der Waals surface area (Å²) in [5.41, 5.74) is 4.76. The third-order valence-corrected chi connectivity index (χ3v) is 9.30. The van der Waals surface area contributed by atoms with Crippen LogP contribution >= 0.6 is 0 Å². The zero-order valence-corrected chi connectivity index (χ0v) is 26.7. The van der Waals surface area contributed by atoms with Crippen molar-refractivity contribution in [3.63, 3.8) is 0 Å². The second-order valence-electron chi connectivity index (χ2n) is 11.0. The van der Waals surface area contributed by atoms with Crippen molar-refractivity contribution in [3.05, 3.63) is 144 Å². The molecule has 1 amide bonds. The van der Waals surface area contributed by atoms with Crippen LogP contribution in [0, 0.1) is 6.92 Å². The summed E-state index contributed by atoms with van der Waals surface area (Å²) >= 11 is 0. The van der Waals surface area contributed by atoms with Crippen molar-refractivity contribution in [3.8, 4) is 11.5 Å². The molecule has 0 spiro atoms. The number of carbonyl (C=O) groups is 1. The fourth-order valence-corrected chi connectivity index (χ4v) is 6.80. The van der Waals surface area contributed by atoms with Gasteiger partial charge in [0.05, 0.1) is 29.9 Å². The maximum atomic E-state index is 14.7. The van der Waals surface area contributed by atoms with E-state index in [9.17, 15) is 13.2 Å².